The van der Waals surface area contributed by atoms with E-state index < -0.39 is 0 Å². The molecular weight excluding hydrogens is 182 g/mol. The number of aliphatic hydroxyl groups excluding tert-OH is 1. The summed E-state index contributed by atoms with van der Waals surface area (Å²) >= 11 is 1.66. The summed E-state index contributed by atoms with van der Waals surface area (Å²) in [6.07, 6.45) is 1.83. The minimum Gasteiger partial charge on any atom is -0.400 e. The Hall–Kier alpha value is -1.19. The van der Waals surface area contributed by atoms with Crippen LogP contribution in [0, 0.1) is 0 Å². The first-order chi connectivity index (χ1) is 6.47. The maximum Gasteiger partial charge on any atom is 0.123 e. The molecule has 0 aliphatic heterocycles. The van der Waals surface area contributed by atoms with Crippen LogP contribution >= 0.6 is 11.3 Å². The van der Waals surface area contributed by atoms with Crippen molar-refractivity contribution in [3.8, 4) is 10.6 Å². The summed E-state index contributed by atoms with van der Waals surface area (Å²) in [6, 6.07) is 10.2. The Labute approximate surface area is 81.5 Å². The molecule has 0 atom stereocenters. The van der Waals surface area contributed by atoms with E-state index in [1.165, 1.54) is 5.56 Å². The zero-order chi connectivity index (χ0) is 9.52. The molecule has 0 radical (unpaired) electrons. The lowest BCUT2D eigenvalue weighted by molar-refractivity contribution is 0.399. The Morgan fingerprint density at radius 1 is 1.15 bits per heavy atom. The number of rotatable bonds is 1. The minimum absolute atomic E-state index is 1.00. The monoisotopic (exact) mass is 193 g/mol. The van der Waals surface area contributed by atoms with Crippen LogP contribution < -0.4 is 0 Å². The highest BCUT2D eigenvalue weighted by Gasteiger charge is 1.95. The zero-order valence-corrected chi connectivity index (χ0v) is 8.16. The largest absolute Gasteiger partial charge is 0.400 e. The highest BCUT2D eigenvalue weighted by molar-refractivity contribution is 7.13. The lowest BCUT2D eigenvalue weighted by atomic mass is 10.2. The van der Waals surface area contributed by atoms with Gasteiger partial charge in [-0.25, -0.2) is 4.98 Å². The van der Waals surface area contributed by atoms with Crippen LogP contribution in [0.2, 0.25) is 0 Å². The highest BCUT2D eigenvalue weighted by atomic mass is 32.1. The van der Waals surface area contributed by atoms with Gasteiger partial charge in [-0.1, -0.05) is 30.3 Å². The summed E-state index contributed by atoms with van der Waals surface area (Å²) in [5, 5.41) is 10.1. The molecule has 1 aromatic carbocycles. The Morgan fingerprint density at radius 2 is 1.85 bits per heavy atom. The maximum atomic E-state index is 7.00. The number of thiazole rings is 1. The number of aromatic nitrogens is 1. The molecule has 1 N–H and O–H groups in total. The van der Waals surface area contributed by atoms with Crippen LogP contribution in [0.15, 0.2) is 41.9 Å². The van der Waals surface area contributed by atoms with Gasteiger partial charge in [0.2, 0.25) is 0 Å². The molecule has 0 aliphatic rings. The van der Waals surface area contributed by atoms with Crippen molar-refractivity contribution < 1.29 is 5.11 Å². The second-order valence-electron chi connectivity index (χ2n) is 2.20. The average Bonchev–Trinajstić information content (AvgIpc) is 2.75. The summed E-state index contributed by atoms with van der Waals surface area (Å²) < 4.78 is 0. The SMILES string of the molecule is CO.c1ccc(-c2nccs2)cc1. The number of hydrogen-bond donors (Lipinski definition) is 1. The van der Waals surface area contributed by atoms with Gasteiger partial charge < -0.3 is 5.11 Å². The van der Waals surface area contributed by atoms with Crippen LogP contribution in [0.1, 0.15) is 0 Å². The van der Waals surface area contributed by atoms with E-state index in [0.717, 1.165) is 12.1 Å². The van der Waals surface area contributed by atoms with Crippen molar-refractivity contribution >= 4 is 11.3 Å². The lowest BCUT2D eigenvalue weighted by Gasteiger charge is -1.91. The molecule has 0 amide bonds. The van der Waals surface area contributed by atoms with Gasteiger partial charge in [0.05, 0.1) is 0 Å². The number of hydrogen-bond acceptors (Lipinski definition) is 3. The molecule has 68 valence electrons. The topological polar surface area (TPSA) is 33.1 Å². The summed E-state index contributed by atoms with van der Waals surface area (Å²) in [6.45, 7) is 0. The molecule has 1 heterocycles. The normalized spacial score (nSPS) is 8.77. The van der Waals surface area contributed by atoms with Gasteiger partial charge in [-0.05, 0) is 0 Å². The van der Waals surface area contributed by atoms with Crippen molar-refractivity contribution in [2.75, 3.05) is 7.11 Å². The van der Waals surface area contributed by atoms with Gasteiger partial charge in [-0.2, -0.15) is 0 Å². The summed E-state index contributed by atoms with van der Waals surface area (Å²) in [5.74, 6) is 0. The van der Waals surface area contributed by atoms with E-state index in [4.69, 9.17) is 5.11 Å². The predicted octanol–water partition coefficient (Wildman–Crippen LogP) is 2.42. The molecule has 0 aliphatic carbocycles. The van der Waals surface area contributed by atoms with E-state index in [1.54, 1.807) is 11.3 Å². The van der Waals surface area contributed by atoms with E-state index >= 15 is 0 Å². The van der Waals surface area contributed by atoms with Crippen molar-refractivity contribution in [2.45, 2.75) is 0 Å². The van der Waals surface area contributed by atoms with E-state index in [1.807, 2.05) is 29.8 Å². The second kappa shape index (κ2) is 5.45. The lowest BCUT2D eigenvalue weighted by Crippen LogP contribution is -1.71. The zero-order valence-electron chi connectivity index (χ0n) is 7.34. The summed E-state index contributed by atoms with van der Waals surface area (Å²) in [4.78, 5) is 4.20. The van der Waals surface area contributed by atoms with Crippen LogP contribution in [-0.2, 0) is 0 Å². The summed E-state index contributed by atoms with van der Waals surface area (Å²) in [5.41, 5.74) is 1.20. The van der Waals surface area contributed by atoms with Gasteiger partial charge in [0.15, 0.2) is 0 Å². The second-order valence-corrected chi connectivity index (χ2v) is 3.10. The first-order valence-corrected chi connectivity index (χ1v) is 4.74. The minimum atomic E-state index is 1.00. The Morgan fingerprint density at radius 3 is 2.38 bits per heavy atom. The number of benzene rings is 1. The third kappa shape index (κ3) is 2.65. The fourth-order valence-electron chi connectivity index (χ4n) is 0.947. The van der Waals surface area contributed by atoms with Gasteiger partial charge in [-0.15, -0.1) is 11.3 Å². The Bertz CT molecular complexity index is 318. The van der Waals surface area contributed by atoms with E-state index in [9.17, 15) is 0 Å². The van der Waals surface area contributed by atoms with Crippen molar-refractivity contribution in [3.05, 3.63) is 41.9 Å². The smallest absolute Gasteiger partial charge is 0.123 e. The third-order valence-corrected chi connectivity index (χ3v) is 2.28. The molecule has 13 heavy (non-hydrogen) atoms. The first kappa shape index (κ1) is 9.89. The van der Waals surface area contributed by atoms with Crippen LogP contribution in [0.3, 0.4) is 0 Å². The molecule has 0 unspecified atom stereocenters. The van der Waals surface area contributed by atoms with Gasteiger partial charge in [0, 0.05) is 24.3 Å². The molecule has 1 aromatic heterocycles. The number of aliphatic hydroxyl groups is 1. The van der Waals surface area contributed by atoms with Gasteiger partial charge >= 0.3 is 0 Å². The quantitative estimate of drug-likeness (QED) is 0.754. The van der Waals surface area contributed by atoms with Crippen LogP contribution in [0.5, 0.6) is 0 Å². The average molecular weight is 193 g/mol. The van der Waals surface area contributed by atoms with E-state index in [2.05, 4.69) is 17.1 Å². The van der Waals surface area contributed by atoms with Crippen LogP contribution in [-0.4, -0.2) is 17.2 Å². The fraction of sp³-hybridized carbons (Fsp3) is 0.100. The van der Waals surface area contributed by atoms with Gasteiger partial charge in [-0.3, -0.25) is 0 Å². The molecule has 2 rings (SSSR count). The molecule has 0 spiro atoms. The maximum absolute atomic E-state index is 7.00. The van der Waals surface area contributed by atoms with Crippen molar-refractivity contribution in [2.24, 2.45) is 0 Å². The predicted molar refractivity (Wildman–Crippen MR) is 55.7 cm³/mol. The Balaban J connectivity index is 0.000000396. The standard InChI is InChI=1S/C9H7NS.CH4O/c1-2-4-8(5-3-1)9-10-6-7-11-9;1-2/h1-7H;2H,1H3. The molecule has 0 saturated heterocycles. The fourth-order valence-corrected chi connectivity index (χ4v) is 1.59. The van der Waals surface area contributed by atoms with E-state index in [-0.39, 0.29) is 0 Å². The third-order valence-electron chi connectivity index (χ3n) is 1.45. The van der Waals surface area contributed by atoms with Gasteiger partial charge in [0.25, 0.3) is 0 Å². The molecule has 0 saturated carbocycles. The number of nitrogens with zero attached hydrogens (tertiary/aromatic N) is 1. The molecule has 2 aromatic rings. The van der Waals surface area contributed by atoms with Gasteiger partial charge in [0.1, 0.15) is 5.01 Å². The molecular formula is C10H11NOS. The molecule has 0 fully saturated rings. The highest BCUT2D eigenvalue weighted by Crippen LogP contribution is 2.20. The van der Waals surface area contributed by atoms with Crippen molar-refractivity contribution in [1.82, 2.24) is 4.98 Å². The molecule has 0 bridgehead atoms. The Kier molecular flexibility index (Phi) is 4.15. The molecule has 3 heteroatoms. The summed E-state index contributed by atoms with van der Waals surface area (Å²) in [7, 11) is 1.00. The van der Waals surface area contributed by atoms with Crippen molar-refractivity contribution in [3.63, 3.8) is 0 Å². The first-order valence-electron chi connectivity index (χ1n) is 3.86. The van der Waals surface area contributed by atoms with Crippen LogP contribution in [0.4, 0.5) is 0 Å². The molecule has 2 nitrogen and oxygen atoms in total. The van der Waals surface area contributed by atoms with E-state index in [0.29, 0.717) is 0 Å². The van der Waals surface area contributed by atoms with Crippen LogP contribution in [0.25, 0.3) is 10.6 Å². The van der Waals surface area contributed by atoms with Crippen molar-refractivity contribution in [1.29, 1.82) is 0 Å².